The molecule has 19 heavy (non-hydrogen) atoms. The zero-order chi connectivity index (χ0) is 15.1. The molecule has 0 aromatic carbocycles. The van der Waals surface area contributed by atoms with Crippen LogP contribution in [0.4, 0.5) is 4.79 Å². The molecule has 1 heterocycles. The fraction of sp³-hybridized carbons (Fsp3) is 0.933. The van der Waals surface area contributed by atoms with Crippen molar-refractivity contribution in [2.75, 3.05) is 13.1 Å². The molecule has 1 atom stereocenters. The van der Waals surface area contributed by atoms with Crippen molar-refractivity contribution in [2.45, 2.75) is 66.5 Å². The number of amides is 1. The number of rotatable bonds is 0. The molecule has 0 bridgehead atoms. The molecule has 1 aliphatic rings. The van der Waals surface area contributed by atoms with Crippen LogP contribution in [0.2, 0.25) is 0 Å². The molecule has 0 aromatic heterocycles. The summed E-state index contributed by atoms with van der Waals surface area (Å²) in [6.45, 7) is 15.6. The van der Waals surface area contributed by atoms with Crippen LogP contribution in [0.3, 0.4) is 0 Å². The SMILES string of the molecule is CC1(C)CN(C(=O)OC(C)(C)C)CC(N)C(C)(C)C1. The molecule has 4 heteroatoms. The van der Waals surface area contributed by atoms with Gasteiger partial charge in [0.1, 0.15) is 5.60 Å². The summed E-state index contributed by atoms with van der Waals surface area (Å²) in [6.07, 6.45) is 0.745. The van der Waals surface area contributed by atoms with Gasteiger partial charge in [-0.25, -0.2) is 4.79 Å². The molecule has 0 aliphatic carbocycles. The van der Waals surface area contributed by atoms with Crippen molar-refractivity contribution in [1.82, 2.24) is 4.90 Å². The molecule has 112 valence electrons. The third-order valence-corrected chi connectivity index (χ3v) is 3.63. The van der Waals surface area contributed by atoms with Gasteiger partial charge >= 0.3 is 6.09 Å². The van der Waals surface area contributed by atoms with Crippen LogP contribution in [0.5, 0.6) is 0 Å². The van der Waals surface area contributed by atoms with E-state index in [1.54, 1.807) is 4.90 Å². The molecule has 0 aromatic rings. The van der Waals surface area contributed by atoms with Crippen LogP contribution in [0.1, 0.15) is 54.9 Å². The van der Waals surface area contributed by atoms with Crippen molar-refractivity contribution in [1.29, 1.82) is 0 Å². The topological polar surface area (TPSA) is 55.6 Å². The fourth-order valence-corrected chi connectivity index (χ4v) is 2.95. The van der Waals surface area contributed by atoms with Crippen LogP contribution in [0, 0.1) is 10.8 Å². The van der Waals surface area contributed by atoms with Gasteiger partial charge < -0.3 is 15.4 Å². The van der Waals surface area contributed by atoms with Crippen LogP contribution >= 0.6 is 0 Å². The van der Waals surface area contributed by atoms with E-state index in [4.69, 9.17) is 10.5 Å². The maximum atomic E-state index is 12.3. The predicted octanol–water partition coefficient (Wildman–Crippen LogP) is 3.01. The van der Waals surface area contributed by atoms with Crippen molar-refractivity contribution < 1.29 is 9.53 Å². The smallest absolute Gasteiger partial charge is 0.410 e. The van der Waals surface area contributed by atoms with Crippen LogP contribution in [-0.4, -0.2) is 35.7 Å². The molecule has 0 radical (unpaired) electrons. The Morgan fingerprint density at radius 2 is 1.79 bits per heavy atom. The number of ether oxygens (including phenoxy) is 1. The lowest BCUT2D eigenvalue weighted by Crippen LogP contribution is -2.47. The summed E-state index contributed by atoms with van der Waals surface area (Å²) in [4.78, 5) is 14.0. The highest BCUT2D eigenvalue weighted by molar-refractivity contribution is 5.68. The van der Waals surface area contributed by atoms with Gasteiger partial charge in [-0.15, -0.1) is 0 Å². The minimum atomic E-state index is -0.465. The Labute approximate surface area is 117 Å². The van der Waals surface area contributed by atoms with E-state index in [0.29, 0.717) is 13.1 Å². The molecular weight excluding hydrogens is 240 g/mol. The largest absolute Gasteiger partial charge is 0.444 e. The molecule has 0 saturated carbocycles. The molecule has 1 fully saturated rings. The molecule has 1 unspecified atom stereocenters. The summed E-state index contributed by atoms with van der Waals surface area (Å²) < 4.78 is 5.47. The van der Waals surface area contributed by atoms with Gasteiger partial charge in [-0.1, -0.05) is 27.7 Å². The molecule has 1 rings (SSSR count). The molecule has 1 amide bonds. The van der Waals surface area contributed by atoms with Crippen molar-refractivity contribution in [2.24, 2.45) is 16.6 Å². The Kier molecular flexibility index (Phi) is 4.26. The summed E-state index contributed by atoms with van der Waals surface area (Å²) >= 11 is 0. The fourth-order valence-electron chi connectivity index (χ4n) is 2.95. The highest BCUT2D eigenvalue weighted by atomic mass is 16.6. The first kappa shape index (κ1) is 16.3. The van der Waals surface area contributed by atoms with Crippen LogP contribution in [0.25, 0.3) is 0 Å². The third kappa shape index (κ3) is 4.68. The van der Waals surface area contributed by atoms with E-state index < -0.39 is 5.60 Å². The minimum Gasteiger partial charge on any atom is -0.444 e. The second-order valence-electron chi connectivity index (χ2n) is 8.30. The van der Waals surface area contributed by atoms with E-state index in [-0.39, 0.29) is 23.0 Å². The van der Waals surface area contributed by atoms with Crippen molar-refractivity contribution >= 4 is 6.09 Å². The van der Waals surface area contributed by atoms with E-state index in [1.807, 2.05) is 20.8 Å². The average molecular weight is 270 g/mol. The van der Waals surface area contributed by atoms with Gasteiger partial charge in [-0.3, -0.25) is 0 Å². The van der Waals surface area contributed by atoms with E-state index in [9.17, 15) is 4.79 Å². The predicted molar refractivity (Wildman–Crippen MR) is 78.0 cm³/mol. The van der Waals surface area contributed by atoms with Gasteiger partial charge in [0, 0.05) is 19.1 Å². The molecule has 2 N–H and O–H groups in total. The first-order chi connectivity index (χ1) is 8.32. The minimum absolute atomic E-state index is 0.0261. The molecule has 1 saturated heterocycles. The van der Waals surface area contributed by atoms with Crippen molar-refractivity contribution in [3.63, 3.8) is 0 Å². The lowest BCUT2D eigenvalue weighted by atomic mass is 9.73. The molecule has 1 aliphatic heterocycles. The van der Waals surface area contributed by atoms with E-state index >= 15 is 0 Å². The number of nitrogens with two attached hydrogens (primary N) is 1. The second kappa shape index (κ2) is 4.97. The molecule has 4 nitrogen and oxygen atoms in total. The maximum absolute atomic E-state index is 12.3. The number of hydrogen-bond acceptors (Lipinski definition) is 3. The van der Waals surface area contributed by atoms with E-state index in [0.717, 1.165) is 6.42 Å². The van der Waals surface area contributed by atoms with E-state index in [1.165, 1.54) is 0 Å². The van der Waals surface area contributed by atoms with Gasteiger partial charge in [0.25, 0.3) is 0 Å². The highest BCUT2D eigenvalue weighted by Gasteiger charge is 2.41. The number of carbonyl (C=O) groups excluding carboxylic acids is 1. The Bertz CT molecular complexity index is 343. The number of nitrogens with zero attached hydrogens (tertiary/aromatic N) is 1. The van der Waals surface area contributed by atoms with Crippen LogP contribution < -0.4 is 5.73 Å². The van der Waals surface area contributed by atoms with Gasteiger partial charge in [0.15, 0.2) is 0 Å². The first-order valence-electron chi connectivity index (χ1n) is 7.06. The standard InChI is InChI=1S/C15H30N2O2/c1-13(2,3)19-12(18)17-8-11(16)15(6,7)9-14(4,5)10-17/h11H,8-10,16H2,1-7H3. The van der Waals surface area contributed by atoms with Gasteiger partial charge in [0.2, 0.25) is 0 Å². The number of likely N-dealkylation sites (tertiary alicyclic amines) is 1. The Hall–Kier alpha value is -0.770. The Balaban J connectivity index is 2.88. The summed E-state index contributed by atoms with van der Waals surface area (Å²) in [5.41, 5.74) is 5.89. The summed E-state index contributed by atoms with van der Waals surface area (Å²) in [6, 6.07) is -0.0261. The average Bonchev–Trinajstić information content (AvgIpc) is 2.17. The monoisotopic (exact) mass is 270 g/mol. The maximum Gasteiger partial charge on any atom is 0.410 e. The summed E-state index contributed by atoms with van der Waals surface area (Å²) in [5, 5.41) is 0. The lowest BCUT2D eigenvalue weighted by molar-refractivity contribution is 0.0194. The van der Waals surface area contributed by atoms with Gasteiger partial charge in [-0.2, -0.15) is 0 Å². The first-order valence-corrected chi connectivity index (χ1v) is 7.06. The highest BCUT2D eigenvalue weighted by Crippen LogP contribution is 2.39. The van der Waals surface area contributed by atoms with Crippen molar-refractivity contribution in [3.8, 4) is 0 Å². The summed E-state index contributed by atoms with van der Waals surface area (Å²) in [5.74, 6) is 0. The van der Waals surface area contributed by atoms with Crippen molar-refractivity contribution in [3.05, 3.63) is 0 Å². The normalized spacial score (nSPS) is 26.7. The van der Waals surface area contributed by atoms with Gasteiger partial charge in [0.05, 0.1) is 0 Å². The Morgan fingerprint density at radius 1 is 1.26 bits per heavy atom. The Morgan fingerprint density at radius 3 is 2.26 bits per heavy atom. The second-order valence-corrected chi connectivity index (χ2v) is 8.30. The van der Waals surface area contributed by atoms with Crippen LogP contribution in [0.15, 0.2) is 0 Å². The number of carbonyl (C=O) groups is 1. The summed E-state index contributed by atoms with van der Waals surface area (Å²) in [7, 11) is 0. The van der Waals surface area contributed by atoms with Crippen LogP contribution in [-0.2, 0) is 4.74 Å². The third-order valence-electron chi connectivity index (χ3n) is 3.63. The van der Waals surface area contributed by atoms with Gasteiger partial charge in [-0.05, 0) is 38.0 Å². The quantitative estimate of drug-likeness (QED) is 0.736. The lowest BCUT2D eigenvalue weighted by Gasteiger charge is -2.34. The van der Waals surface area contributed by atoms with E-state index in [2.05, 4.69) is 27.7 Å². The molecular formula is C15H30N2O2. The molecule has 0 spiro atoms. The zero-order valence-electron chi connectivity index (χ0n) is 13.5. The number of hydrogen-bond donors (Lipinski definition) is 1. The zero-order valence-corrected chi connectivity index (χ0v) is 13.5.